The third-order valence-corrected chi connectivity index (χ3v) is 4.50. The minimum atomic E-state index is -0.172. The van der Waals surface area contributed by atoms with Crippen LogP contribution in [0, 0.1) is 6.92 Å². The second kappa shape index (κ2) is 6.43. The first kappa shape index (κ1) is 16.2. The van der Waals surface area contributed by atoms with Crippen LogP contribution in [0.3, 0.4) is 0 Å². The first-order chi connectivity index (χ1) is 11.5. The number of aromatic hydroxyl groups is 1. The van der Waals surface area contributed by atoms with E-state index < -0.39 is 0 Å². The van der Waals surface area contributed by atoms with Crippen LogP contribution >= 0.6 is 0 Å². The highest BCUT2D eigenvalue weighted by Crippen LogP contribution is 2.33. The third kappa shape index (κ3) is 3.15. The molecule has 0 aliphatic carbocycles. The third-order valence-electron chi connectivity index (χ3n) is 4.50. The molecule has 2 N–H and O–H groups in total. The molecule has 2 atom stereocenters. The number of hydrogen-bond donors (Lipinski definition) is 2. The molecule has 0 saturated carbocycles. The van der Waals surface area contributed by atoms with Gasteiger partial charge in [0.2, 0.25) is 0 Å². The number of benzene rings is 2. The number of aryl methyl sites for hydroxylation is 1. The van der Waals surface area contributed by atoms with Gasteiger partial charge in [0.15, 0.2) is 0 Å². The van der Waals surface area contributed by atoms with Gasteiger partial charge in [0.1, 0.15) is 18.1 Å². The van der Waals surface area contributed by atoms with Crippen LogP contribution in [0.1, 0.15) is 35.7 Å². The van der Waals surface area contributed by atoms with Gasteiger partial charge in [-0.15, -0.1) is 0 Å². The van der Waals surface area contributed by atoms with Gasteiger partial charge >= 0.3 is 6.03 Å². The second-order valence-electron chi connectivity index (χ2n) is 6.24. The molecule has 0 unspecified atom stereocenters. The minimum absolute atomic E-state index is 0.147. The molecule has 0 aromatic heterocycles. The summed E-state index contributed by atoms with van der Waals surface area (Å²) in [5.41, 5.74) is 3.04. The summed E-state index contributed by atoms with van der Waals surface area (Å²) in [7, 11) is 1.75. The van der Waals surface area contributed by atoms with Crippen LogP contribution in [-0.4, -0.2) is 29.7 Å². The van der Waals surface area contributed by atoms with Crippen LogP contribution in [0.5, 0.6) is 11.5 Å². The van der Waals surface area contributed by atoms with E-state index in [4.69, 9.17) is 4.74 Å². The van der Waals surface area contributed by atoms with Gasteiger partial charge in [-0.1, -0.05) is 29.8 Å². The van der Waals surface area contributed by atoms with Gasteiger partial charge in [-0.25, -0.2) is 4.79 Å². The zero-order valence-electron chi connectivity index (χ0n) is 14.1. The van der Waals surface area contributed by atoms with Crippen LogP contribution < -0.4 is 10.1 Å². The highest BCUT2D eigenvalue weighted by Gasteiger charge is 2.28. The Balaban J connectivity index is 1.71. The number of carbonyl (C=O) groups is 1. The molecule has 1 aliphatic heterocycles. The number of rotatable bonds is 3. The quantitative estimate of drug-likeness (QED) is 0.907. The Bertz CT molecular complexity index is 760. The number of ether oxygens (including phenoxy) is 1. The van der Waals surface area contributed by atoms with E-state index in [-0.39, 0.29) is 23.9 Å². The SMILES string of the molecule is Cc1ccc2c(c1)[C@H](NC(=O)N(C)[C@@H](C)c1cccc(O)c1)CO2. The second-order valence-corrected chi connectivity index (χ2v) is 6.24. The van der Waals surface area contributed by atoms with Gasteiger partial charge in [-0.2, -0.15) is 0 Å². The molecule has 0 saturated heterocycles. The normalized spacial score (nSPS) is 16.9. The zero-order valence-corrected chi connectivity index (χ0v) is 14.1. The molecular weight excluding hydrogens is 304 g/mol. The Morgan fingerprint density at radius 3 is 2.88 bits per heavy atom. The minimum Gasteiger partial charge on any atom is -0.508 e. The van der Waals surface area contributed by atoms with Crippen molar-refractivity contribution in [2.75, 3.05) is 13.7 Å². The van der Waals surface area contributed by atoms with Crippen molar-refractivity contribution in [3.05, 3.63) is 59.2 Å². The number of phenols is 1. The molecule has 2 amide bonds. The molecule has 5 nitrogen and oxygen atoms in total. The van der Waals surface area contributed by atoms with E-state index in [0.717, 1.165) is 22.4 Å². The maximum Gasteiger partial charge on any atom is 0.318 e. The lowest BCUT2D eigenvalue weighted by Gasteiger charge is -2.27. The number of carbonyl (C=O) groups excluding carboxylic acids is 1. The van der Waals surface area contributed by atoms with E-state index >= 15 is 0 Å². The summed E-state index contributed by atoms with van der Waals surface area (Å²) in [5, 5.41) is 12.6. The van der Waals surface area contributed by atoms with Crippen molar-refractivity contribution in [1.82, 2.24) is 10.2 Å². The number of fused-ring (bicyclic) bond motifs is 1. The highest BCUT2D eigenvalue weighted by molar-refractivity contribution is 5.75. The Morgan fingerprint density at radius 2 is 2.12 bits per heavy atom. The molecule has 0 radical (unpaired) electrons. The smallest absolute Gasteiger partial charge is 0.318 e. The maximum absolute atomic E-state index is 12.6. The van der Waals surface area contributed by atoms with Gasteiger partial charge < -0.3 is 20.1 Å². The fourth-order valence-electron chi connectivity index (χ4n) is 2.89. The Hall–Kier alpha value is -2.69. The Morgan fingerprint density at radius 1 is 1.33 bits per heavy atom. The molecular formula is C19H22N2O3. The number of nitrogens with one attached hydrogen (secondary N) is 1. The summed E-state index contributed by atoms with van der Waals surface area (Å²) in [6, 6.07) is 12.5. The maximum atomic E-state index is 12.6. The number of hydrogen-bond acceptors (Lipinski definition) is 3. The van der Waals surface area contributed by atoms with Crippen molar-refractivity contribution in [2.45, 2.75) is 25.9 Å². The molecule has 126 valence electrons. The highest BCUT2D eigenvalue weighted by atomic mass is 16.5. The summed E-state index contributed by atoms with van der Waals surface area (Å²) >= 11 is 0. The predicted molar refractivity (Wildman–Crippen MR) is 92.2 cm³/mol. The van der Waals surface area contributed by atoms with Crippen molar-refractivity contribution in [3.8, 4) is 11.5 Å². The first-order valence-electron chi connectivity index (χ1n) is 8.01. The van der Waals surface area contributed by atoms with Crippen LogP contribution in [0.25, 0.3) is 0 Å². The molecule has 0 spiro atoms. The Labute approximate surface area is 141 Å². The summed E-state index contributed by atoms with van der Waals surface area (Å²) in [4.78, 5) is 14.2. The lowest BCUT2D eigenvalue weighted by atomic mass is 10.1. The monoisotopic (exact) mass is 326 g/mol. The van der Waals surface area contributed by atoms with Crippen LogP contribution in [-0.2, 0) is 0 Å². The van der Waals surface area contributed by atoms with Crippen molar-refractivity contribution < 1.29 is 14.6 Å². The lowest BCUT2D eigenvalue weighted by molar-refractivity contribution is 0.187. The van der Waals surface area contributed by atoms with Gasteiger partial charge in [0, 0.05) is 12.6 Å². The largest absolute Gasteiger partial charge is 0.508 e. The first-order valence-corrected chi connectivity index (χ1v) is 8.01. The molecule has 5 heteroatoms. The van der Waals surface area contributed by atoms with Crippen molar-refractivity contribution in [3.63, 3.8) is 0 Å². The van der Waals surface area contributed by atoms with E-state index in [2.05, 4.69) is 5.32 Å². The Kier molecular flexibility index (Phi) is 4.34. The zero-order chi connectivity index (χ0) is 17.3. The van der Waals surface area contributed by atoms with Crippen molar-refractivity contribution in [1.29, 1.82) is 0 Å². The fraction of sp³-hybridized carbons (Fsp3) is 0.316. The average molecular weight is 326 g/mol. The fourth-order valence-corrected chi connectivity index (χ4v) is 2.89. The topological polar surface area (TPSA) is 61.8 Å². The van der Waals surface area contributed by atoms with Gasteiger partial charge in [-0.3, -0.25) is 0 Å². The summed E-state index contributed by atoms with van der Waals surface area (Å²) in [6.45, 7) is 4.39. The van der Waals surface area contributed by atoms with Gasteiger partial charge in [-0.05, 0) is 37.6 Å². The predicted octanol–water partition coefficient (Wildman–Crippen LogP) is 3.54. The standard InChI is InChI=1S/C19H22N2O3/c1-12-7-8-18-16(9-12)17(11-24-18)20-19(23)21(3)13(2)14-5-4-6-15(22)10-14/h4-10,13,17,22H,11H2,1-3H3,(H,20,23)/t13-,17+/m0/s1. The molecule has 3 rings (SSSR count). The van der Waals surface area contributed by atoms with E-state index in [1.165, 1.54) is 0 Å². The molecule has 2 aromatic carbocycles. The molecule has 0 bridgehead atoms. The number of amides is 2. The molecule has 1 heterocycles. The van der Waals surface area contributed by atoms with Crippen LogP contribution in [0.15, 0.2) is 42.5 Å². The number of phenolic OH excluding ortho intramolecular Hbond substituents is 1. The molecule has 1 aliphatic rings. The van der Waals surface area contributed by atoms with Gasteiger partial charge in [0.25, 0.3) is 0 Å². The average Bonchev–Trinajstić information content (AvgIpc) is 2.95. The van der Waals surface area contributed by atoms with E-state index in [0.29, 0.717) is 6.61 Å². The van der Waals surface area contributed by atoms with Crippen LogP contribution in [0.4, 0.5) is 4.79 Å². The summed E-state index contributed by atoms with van der Waals surface area (Å²) in [6.07, 6.45) is 0. The molecule has 0 fully saturated rings. The summed E-state index contributed by atoms with van der Waals surface area (Å²) in [5.74, 6) is 1.02. The van der Waals surface area contributed by atoms with E-state index in [1.54, 1.807) is 30.1 Å². The van der Waals surface area contributed by atoms with Crippen molar-refractivity contribution in [2.24, 2.45) is 0 Å². The number of urea groups is 1. The van der Waals surface area contributed by atoms with Gasteiger partial charge in [0.05, 0.1) is 12.1 Å². The summed E-state index contributed by atoms with van der Waals surface area (Å²) < 4.78 is 5.64. The lowest BCUT2D eigenvalue weighted by Crippen LogP contribution is -2.41. The molecule has 2 aromatic rings. The molecule has 24 heavy (non-hydrogen) atoms. The van der Waals surface area contributed by atoms with Crippen molar-refractivity contribution >= 4 is 6.03 Å². The number of nitrogens with zero attached hydrogens (tertiary/aromatic N) is 1. The van der Waals surface area contributed by atoms with E-state index in [9.17, 15) is 9.90 Å². The van der Waals surface area contributed by atoms with Crippen LogP contribution in [0.2, 0.25) is 0 Å². The van der Waals surface area contributed by atoms with E-state index in [1.807, 2.05) is 38.1 Å².